The zero-order valence-corrected chi connectivity index (χ0v) is 15.4. The fraction of sp³-hybridized carbons (Fsp3) is 0.444. The van der Waals surface area contributed by atoms with Gasteiger partial charge in [-0.1, -0.05) is 28.5 Å². The molecule has 0 bridgehead atoms. The molecule has 1 aliphatic carbocycles. The van der Waals surface area contributed by atoms with Gasteiger partial charge in [-0.2, -0.15) is 0 Å². The van der Waals surface area contributed by atoms with Crippen molar-refractivity contribution >= 4 is 34.9 Å². The summed E-state index contributed by atoms with van der Waals surface area (Å²) in [7, 11) is 0. The first-order chi connectivity index (χ1) is 11.5. The van der Waals surface area contributed by atoms with Gasteiger partial charge in [0.15, 0.2) is 0 Å². The summed E-state index contributed by atoms with van der Waals surface area (Å²) < 4.78 is 0. The van der Waals surface area contributed by atoms with E-state index in [4.69, 9.17) is 11.6 Å². The molecule has 3 rings (SSSR count). The Morgan fingerprint density at radius 1 is 1.42 bits per heavy atom. The normalized spacial score (nSPS) is 25.3. The van der Waals surface area contributed by atoms with E-state index in [1.807, 2.05) is 24.3 Å². The lowest BCUT2D eigenvalue weighted by Crippen LogP contribution is -2.41. The van der Waals surface area contributed by atoms with Crippen molar-refractivity contribution < 1.29 is 10.0 Å². The van der Waals surface area contributed by atoms with Crippen LogP contribution in [0.4, 0.5) is 0 Å². The number of hydrogen-bond donors (Lipinski definition) is 1. The van der Waals surface area contributed by atoms with E-state index < -0.39 is 0 Å². The van der Waals surface area contributed by atoms with Gasteiger partial charge in [0.05, 0.1) is 18.2 Å². The van der Waals surface area contributed by atoms with Crippen molar-refractivity contribution in [3.8, 4) is 0 Å². The number of fused-ring (bicyclic) bond motifs is 1. The Balaban J connectivity index is 1.96. The molecule has 1 aromatic rings. The fourth-order valence-corrected chi connectivity index (χ4v) is 5.01. The van der Waals surface area contributed by atoms with Crippen molar-refractivity contribution in [2.45, 2.75) is 44.0 Å². The molecule has 0 radical (unpaired) electrons. The van der Waals surface area contributed by atoms with Gasteiger partial charge in [0, 0.05) is 26.6 Å². The second-order valence-corrected chi connectivity index (χ2v) is 7.92. The van der Waals surface area contributed by atoms with Crippen LogP contribution in [0.15, 0.2) is 44.9 Å². The molecule has 0 saturated heterocycles. The zero-order valence-electron chi connectivity index (χ0n) is 13.8. The Morgan fingerprint density at radius 2 is 2.12 bits per heavy atom. The van der Waals surface area contributed by atoms with Crippen LogP contribution in [0.25, 0.3) is 0 Å². The number of nitrogens with zero attached hydrogens (tertiary/aromatic N) is 2. The monoisotopic (exact) mass is 364 g/mol. The summed E-state index contributed by atoms with van der Waals surface area (Å²) in [4.78, 5) is 16.2. The van der Waals surface area contributed by atoms with Crippen LogP contribution in [-0.2, 0) is 4.79 Å². The molecule has 2 atom stereocenters. The molecule has 1 aliphatic heterocycles. The second kappa shape index (κ2) is 7.19. The maximum Gasteiger partial charge on any atom is 0.149 e. The standard InChI is InChI=1S/C18H21ClN2O2S/c1-11(22)10-21-12(2)18(24-14-8-6-13(19)7-9-14)17-15(20-23)4-3-5-16(17)21/h6-9,16-17,23H,3-5,10H2,1-2H3/b20-15+. The third-order valence-corrected chi connectivity index (χ3v) is 6.24. The largest absolute Gasteiger partial charge is 0.411 e. The summed E-state index contributed by atoms with van der Waals surface area (Å²) in [5.41, 5.74) is 1.94. The van der Waals surface area contributed by atoms with E-state index >= 15 is 0 Å². The highest BCUT2D eigenvalue weighted by Gasteiger charge is 2.44. The molecule has 0 aromatic heterocycles. The van der Waals surface area contributed by atoms with E-state index in [9.17, 15) is 10.0 Å². The first-order valence-corrected chi connectivity index (χ1v) is 9.31. The van der Waals surface area contributed by atoms with E-state index in [2.05, 4.69) is 17.0 Å². The molecule has 1 aromatic carbocycles. The number of Topliss-reactive ketones (excluding diaryl/α,β-unsaturated/α-hetero) is 1. The van der Waals surface area contributed by atoms with Gasteiger partial charge in [-0.05, 0) is 57.4 Å². The topological polar surface area (TPSA) is 52.9 Å². The molecule has 128 valence electrons. The van der Waals surface area contributed by atoms with Crippen molar-refractivity contribution in [1.29, 1.82) is 0 Å². The highest BCUT2D eigenvalue weighted by Crippen LogP contribution is 2.48. The molecule has 0 amide bonds. The number of halogens is 1. The summed E-state index contributed by atoms with van der Waals surface area (Å²) in [6.07, 6.45) is 2.81. The van der Waals surface area contributed by atoms with Gasteiger partial charge in [0.2, 0.25) is 0 Å². The highest BCUT2D eigenvalue weighted by molar-refractivity contribution is 8.03. The Morgan fingerprint density at radius 3 is 2.75 bits per heavy atom. The predicted octanol–water partition coefficient (Wildman–Crippen LogP) is 4.57. The molecule has 1 heterocycles. The summed E-state index contributed by atoms with van der Waals surface area (Å²) in [6, 6.07) is 7.95. The van der Waals surface area contributed by atoms with Crippen molar-refractivity contribution in [3.63, 3.8) is 0 Å². The molecule has 4 nitrogen and oxygen atoms in total. The number of hydrogen-bond acceptors (Lipinski definition) is 5. The van der Waals surface area contributed by atoms with Crippen molar-refractivity contribution in [2.24, 2.45) is 11.1 Å². The lowest BCUT2D eigenvalue weighted by Gasteiger charge is -2.34. The minimum absolute atomic E-state index is 0.0729. The van der Waals surface area contributed by atoms with E-state index in [-0.39, 0.29) is 17.7 Å². The summed E-state index contributed by atoms with van der Waals surface area (Å²) in [5.74, 6) is 0.225. The lowest BCUT2D eigenvalue weighted by atomic mass is 9.84. The number of carbonyl (C=O) groups excluding carboxylic acids is 1. The van der Waals surface area contributed by atoms with Crippen LogP contribution in [0.1, 0.15) is 33.1 Å². The first-order valence-electron chi connectivity index (χ1n) is 8.12. The van der Waals surface area contributed by atoms with Crippen molar-refractivity contribution in [1.82, 2.24) is 4.90 Å². The van der Waals surface area contributed by atoms with E-state index in [0.717, 1.165) is 35.6 Å². The second-order valence-electron chi connectivity index (χ2n) is 6.36. The van der Waals surface area contributed by atoms with E-state index in [1.165, 1.54) is 4.91 Å². The number of rotatable bonds is 4. The van der Waals surface area contributed by atoms with Crippen LogP contribution in [0.5, 0.6) is 0 Å². The molecule has 6 heteroatoms. The Labute approximate surface area is 151 Å². The van der Waals surface area contributed by atoms with Crippen LogP contribution in [0.3, 0.4) is 0 Å². The number of thioether (sulfide) groups is 1. The van der Waals surface area contributed by atoms with E-state index in [0.29, 0.717) is 11.6 Å². The minimum Gasteiger partial charge on any atom is -0.411 e. The smallest absolute Gasteiger partial charge is 0.149 e. The van der Waals surface area contributed by atoms with Gasteiger partial charge in [-0.3, -0.25) is 4.79 Å². The average molecular weight is 365 g/mol. The predicted molar refractivity (Wildman–Crippen MR) is 97.7 cm³/mol. The average Bonchev–Trinajstić information content (AvgIpc) is 2.82. The van der Waals surface area contributed by atoms with Gasteiger partial charge in [0.25, 0.3) is 0 Å². The van der Waals surface area contributed by atoms with Gasteiger partial charge in [-0.25, -0.2) is 0 Å². The van der Waals surface area contributed by atoms with Crippen molar-refractivity contribution in [3.05, 3.63) is 39.9 Å². The minimum atomic E-state index is 0.0729. The van der Waals surface area contributed by atoms with Crippen molar-refractivity contribution in [2.75, 3.05) is 6.54 Å². The van der Waals surface area contributed by atoms with Crippen LogP contribution in [0.2, 0.25) is 5.02 Å². The number of ketones is 1. The van der Waals surface area contributed by atoms with E-state index in [1.54, 1.807) is 18.7 Å². The van der Waals surface area contributed by atoms with Gasteiger partial charge in [0.1, 0.15) is 5.78 Å². The molecule has 1 fully saturated rings. The maximum absolute atomic E-state index is 11.7. The molecule has 24 heavy (non-hydrogen) atoms. The van der Waals surface area contributed by atoms with Crippen LogP contribution in [-0.4, -0.2) is 34.2 Å². The summed E-state index contributed by atoms with van der Waals surface area (Å²) in [6.45, 7) is 4.10. The first kappa shape index (κ1) is 17.4. The molecule has 2 aliphatic rings. The Hall–Kier alpha value is -1.46. The van der Waals surface area contributed by atoms with Gasteiger partial charge in [-0.15, -0.1) is 0 Å². The Kier molecular flexibility index (Phi) is 5.21. The highest BCUT2D eigenvalue weighted by atomic mass is 35.5. The number of carbonyl (C=O) groups is 1. The third kappa shape index (κ3) is 3.33. The molecule has 2 unspecified atom stereocenters. The SMILES string of the molecule is CC(=O)CN1C(C)=C(Sc2ccc(Cl)cc2)C2/C(=N/O)CCCC21. The Bertz CT molecular complexity index is 699. The number of benzene rings is 1. The van der Waals surface area contributed by atoms with Gasteiger partial charge < -0.3 is 10.1 Å². The van der Waals surface area contributed by atoms with Crippen LogP contribution >= 0.6 is 23.4 Å². The molecule has 1 saturated carbocycles. The molecule has 0 spiro atoms. The number of oxime groups is 1. The van der Waals surface area contributed by atoms with Gasteiger partial charge >= 0.3 is 0 Å². The zero-order chi connectivity index (χ0) is 17.3. The van der Waals surface area contributed by atoms with Crippen LogP contribution < -0.4 is 0 Å². The summed E-state index contributed by atoms with van der Waals surface area (Å²) in [5, 5.41) is 13.8. The molecular formula is C18H21ClN2O2S. The molecular weight excluding hydrogens is 344 g/mol. The molecule has 1 N–H and O–H groups in total. The lowest BCUT2D eigenvalue weighted by molar-refractivity contribution is -0.118. The van der Waals surface area contributed by atoms with Crippen LogP contribution in [0, 0.1) is 5.92 Å². The maximum atomic E-state index is 11.7. The quantitative estimate of drug-likeness (QED) is 0.628. The summed E-state index contributed by atoms with van der Waals surface area (Å²) >= 11 is 7.65. The fourth-order valence-electron chi connectivity index (χ4n) is 3.67. The number of allylic oxidation sites excluding steroid dienone is 1. The third-order valence-electron chi connectivity index (χ3n) is 4.71.